The summed E-state index contributed by atoms with van der Waals surface area (Å²) in [5, 5.41) is 0. The monoisotopic (exact) mass is 255 g/mol. The highest BCUT2D eigenvalue weighted by Crippen LogP contribution is 2.29. The van der Waals surface area contributed by atoms with Crippen molar-refractivity contribution in [2.24, 2.45) is 5.73 Å². The van der Waals surface area contributed by atoms with Gasteiger partial charge in [0.05, 0.1) is 0 Å². The second-order valence-electron chi connectivity index (χ2n) is 6.04. The van der Waals surface area contributed by atoms with Crippen LogP contribution in [0.4, 0.5) is 0 Å². The van der Waals surface area contributed by atoms with Crippen molar-refractivity contribution in [2.45, 2.75) is 64.5 Å². The molecule has 1 rings (SSSR count). The molecule has 108 valence electrons. The molecule has 18 heavy (non-hydrogen) atoms. The van der Waals surface area contributed by atoms with Crippen LogP contribution < -0.4 is 5.73 Å². The van der Waals surface area contributed by atoms with Crippen LogP contribution in [-0.2, 0) is 0 Å². The first-order valence-corrected chi connectivity index (χ1v) is 7.75. The van der Waals surface area contributed by atoms with Gasteiger partial charge >= 0.3 is 0 Å². The van der Waals surface area contributed by atoms with E-state index in [-0.39, 0.29) is 5.54 Å². The van der Waals surface area contributed by atoms with Gasteiger partial charge in [-0.2, -0.15) is 0 Å². The van der Waals surface area contributed by atoms with Gasteiger partial charge in [-0.1, -0.05) is 26.7 Å². The minimum absolute atomic E-state index is 0.237. The van der Waals surface area contributed by atoms with E-state index in [0.29, 0.717) is 6.04 Å². The molecule has 3 heteroatoms. The third-order valence-corrected chi connectivity index (χ3v) is 4.69. The molecule has 1 heterocycles. The molecular weight excluding hydrogens is 222 g/mol. The molecule has 1 saturated heterocycles. The van der Waals surface area contributed by atoms with Gasteiger partial charge in [0.1, 0.15) is 0 Å². The van der Waals surface area contributed by atoms with Crippen LogP contribution in [0.25, 0.3) is 0 Å². The molecule has 0 aromatic heterocycles. The molecule has 1 fully saturated rings. The van der Waals surface area contributed by atoms with E-state index in [9.17, 15) is 0 Å². The summed E-state index contributed by atoms with van der Waals surface area (Å²) in [5.74, 6) is 0. The fourth-order valence-corrected chi connectivity index (χ4v) is 3.47. The third-order valence-electron chi connectivity index (χ3n) is 4.69. The van der Waals surface area contributed by atoms with Crippen molar-refractivity contribution in [3.8, 4) is 0 Å². The van der Waals surface area contributed by atoms with Gasteiger partial charge in [-0.25, -0.2) is 0 Å². The van der Waals surface area contributed by atoms with Crippen LogP contribution >= 0.6 is 0 Å². The van der Waals surface area contributed by atoms with E-state index >= 15 is 0 Å². The largest absolute Gasteiger partial charge is 0.329 e. The van der Waals surface area contributed by atoms with Gasteiger partial charge in [-0.05, 0) is 39.8 Å². The number of likely N-dealkylation sites (N-methyl/N-ethyl adjacent to an activating group) is 1. The first-order valence-electron chi connectivity index (χ1n) is 7.75. The fraction of sp³-hybridized carbons (Fsp3) is 1.00. The Labute approximate surface area is 114 Å². The quantitative estimate of drug-likeness (QED) is 0.790. The maximum absolute atomic E-state index is 6.18. The summed E-state index contributed by atoms with van der Waals surface area (Å²) in [7, 11) is 2.24. The molecule has 0 aliphatic carbocycles. The summed E-state index contributed by atoms with van der Waals surface area (Å²) in [6, 6.07) is 0.623. The van der Waals surface area contributed by atoms with E-state index < -0.39 is 0 Å². The van der Waals surface area contributed by atoms with Crippen molar-refractivity contribution < 1.29 is 0 Å². The number of nitrogens with two attached hydrogens (primary N) is 1. The smallest absolute Gasteiger partial charge is 0.0332 e. The van der Waals surface area contributed by atoms with Gasteiger partial charge in [-0.15, -0.1) is 0 Å². The Bertz CT molecular complexity index is 226. The highest BCUT2D eigenvalue weighted by Gasteiger charge is 2.36. The number of rotatable bonds is 6. The predicted molar refractivity (Wildman–Crippen MR) is 79.9 cm³/mol. The van der Waals surface area contributed by atoms with E-state index in [1.807, 2.05) is 0 Å². The second-order valence-corrected chi connectivity index (χ2v) is 6.04. The van der Waals surface area contributed by atoms with E-state index in [4.69, 9.17) is 5.73 Å². The van der Waals surface area contributed by atoms with Crippen LogP contribution in [-0.4, -0.2) is 54.6 Å². The van der Waals surface area contributed by atoms with Gasteiger partial charge in [-0.3, -0.25) is 4.90 Å². The first kappa shape index (κ1) is 15.9. The van der Waals surface area contributed by atoms with Crippen LogP contribution in [0.3, 0.4) is 0 Å². The van der Waals surface area contributed by atoms with Crippen molar-refractivity contribution in [3.05, 3.63) is 0 Å². The van der Waals surface area contributed by atoms with Crippen molar-refractivity contribution >= 4 is 0 Å². The van der Waals surface area contributed by atoms with Crippen molar-refractivity contribution in [1.82, 2.24) is 9.80 Å². The molecular formula is C15H33N3. The third kappa shape index (κ3) is 3.69. The lowest BCUT2D eigenvalue weighted by Gasteiger charge is -2.46. The average Bonchev–Trinajstić information content (AvgIpc) is 2.53. The lowest BCUT2D eigenvalue weighted by atomic mass is 9.86. The molecule has 0 saturated carbocycles. The highest BCUT2D eigenvalue weighted by molar-refractivity contribution is 4.94. The number of hydrogen-bond donors (Lipinski definition) is 1. The zero-order chi connectivity index (χ0) is 13.6. The Hall–Kier alpha value is -0.120. The Balaban J connectivity index is 2.81. The molecule has 1 aliphatic rings. The van der Waals surface area contributed by atoms with Gasteiger partial charge < -0.3 is 10.6 Å². The van der Waals surface area contributed by atoms with Crippen LogP contribution in [0, 0.1) is 0 Å². The van der Waals surface area contributed by atoms with E-state index in [1.54, 1.807) is 0 Å². The topological polar surface area (TPSA) is 32.5 Å². The summed E-state index contributed by atoms with van der Waals surface area (Å²) in [6.07, 6.45) is 6.27. The first-order chi connectivity index (χ1) is 8.59. The Morgan fingerprint density at radius 1 is 1.28 bits per heavy atom. The van der Waals surface area contributed by atoms with Gasteiger partial charge in [0, 0.05) is 31.2 Å². The molecule has 2 atom stereocenters. The van der Waals surface area contributed by atoms with E-state index in [2.05, 4.69) is 37.6 Å². The molecule has 2 N–H and O–H groups in total. The van der Waals surface area contributed by atoms with Crippen LogP contribution in [0.2, 0.25) is 0 Å². The van der Waals surface area contributed by atoms with Crippen LogP contribution in [0.15, 0.2) is 0 Å². The highest BCUT2D eigenvalue weighted by atomic mass is 15.3. The molecule has 3 nitrogen and oxygen atoms in total. The van der Waals surface area contributed by atoms with Gasteiger partial charge in [0.2, 0.25) is 0 Å². The summed E-state index contributed by atoms with van der Waals surface area (Å²) < 4.78 is 0. The lowest BCUT2D eigenvalue weighted by molar-refractivity contribution is 0.0440. The predicted octanol–water partition coefficient (Wildman–Crippen LogP) is 2.31. The Kier molecular flexibility index (Phi) is 6.61. The average molecular weight is 255 g/mol. The minimum Gasteiger partial charge on any atom is -0.329 e. The summed E-state index contributed by atoms with van der Waals surface area (Å²) in [5.41, 5.74) is 6.42. The maximum atomic E-state index is 6.18. The van der Waals surface area contributed by atoms with Crippen molar-refractivity contribution in [1.29, 1.82) is 0 Å². The zero-order valence-corrected chi connectivity index (χ0v) is 12.9. The van der Waals surface area contributed by atoms with Gasteiger partial charge in [0.15, 0.2) is 0 Å². The molecule has 0 bridgehead atoms. The standard InChI is InChI=1S/C15H33N3/c1-5-7-9-15(6-2,13-16)18-11-8-10-17(4)12-14(18)3/h14H,5-13,16H2,1-4H3. The minimum atomic E-state index is 0.237. The lowest BCUT2D eigenvalue weighted by Crippen LogP contribution is -2.58. The summed E-state index contributed by atoms with van der Waals surface area (Å²) in [6.45, 7) is 11.4. The van der Waals surface area contributed by atoms with Crippen molar-refractivity contribution in [3.63, 3.8) is 0 Å². The van der Waals surface area contributed by atoms with E-state index in [1.165, 1.54) is 51.7 Å². The van der Waals surface area contributed by atoms with Crippen LogP contribution in [0.1, 0.15) is 52.9 Å². The Morgan fingerprint density at radius 3 is 2.56 bits per heavy atom. The molecule has 0 spiro atoms. The Morgan fingerprint density at radius 2 is 2.00 bits per heavy atom. The molecule has 2 unspecified atom stereocenters. The molecule has 0 amide bonds. The molecule has 1 aliphatic heterocycles. The molecule has 0 radical (unpaired) electrons. The number of unbranched alkanes of at least 4 members (excludes halogenated alkanes) is 1. The van der Waals surface area contributed by atoms with E-state index in [0.717, 1.165) is 6.54 Å². The number of hydrogen-bond acceptors (Lipinski definition) is 3. The normalized spacial score (nSPS) is 26.8. The van der Waals surface area contributed by atoms with Crippen LogP contribution in [0.5, 0.6) is 0 Å². The fourth-order valence-electron chi connectivity index (χ4n) is 3.47. The zero-order valence-electron chi connectivity index (χ0n) is 12.9. The maximum Gasteiger partial charge on any atom is 0.0332 e. The van der Waals surface area contributed by atoms with Gasteiger partial charge in [0.25, 0.3) is 0 Å². The van der Waals surface area contributed by atoms with Crippen molar-refractivity contribution in [2.75, 3.05) is 33.2 Å². The molecule has 0 aromatic rings. The second kappa shape index (κ2) is 7.46. The molecule has 0 aromatic carbocycles. The summed E-state index contributed by atoms with van der Waals surface area (Å²) >= 11 is 0. The SMILES string of the molecule is CCCCC(CC)(CN)N1CCCN(C)CC1C. The number of nitrogens with zero attached hydrogens (tertiary/aromatic N) is 2. The summed E-state index contributed by atoms with van der Waals surface area (Å²) in [4.78, 5) is 5.17.